The van der Waals surface area contributed by atoms with Gasteiger partial charge in [0.25, 0.3) is 5.91 Å². The van der Waals surface area contributed by atoms with Crippen molar-refractivity contribution in [3.8, 4) is 0 Å². The lowest BCUT2D eigenvalue weighted by Gasteiger charge is -2.37. The smallest absolute Gasteiger partial charge is 0.323 e. The molecular weight excluding hydrogens is 613 g/mol. The largest absolute Gasteiger partial charge is 0.378 e. The first-order valence-corrected chi connectivity index (χ1v) is 17.7. The number of ether oxygens (including phenoxy) is 1. The second-order valence-corrected chi connectivity index (χ2v) is 13.5. The monoisotopic (exact) mass is 660 g/mol. The minimum Gasteiger partial charge on any atom is -0.378 e. The number of anilines is 3. The Hall–Kier alpha value is -3.71. The van der Waals surface area contributed by atoms with Crippen molar-refractivity contribution < 1.29 is 14.3 Å². The Labute approximate surface area is 283 Å². The number of carbonyl (C=O) groups is 2. The van der Waals surface area contributed by atoms with Crippen LogP contribution in [0.2, 0.25) is 0 Å². The van der Waals surface area contributed by atoms with Gasteiger partial charge in [-0.15, -0.1) is 0 Å². The molecule has 2 aromatic carbocycles. The van der Waals surface area contributed by atoms with Crippen LogP contribution in [-0.4, -0.2) is 129 Å². The van der Waals surface area contributed by atoms with E-state index in [1.165, 1.54) is 17.1 Å². The number of piperazine rings is 1. The second-order valence-electron chi connectivity index (χ2n) is 12.5. The van der Waals surface area contributed by atoms with E-state index < -0.39 is 0 Å². The Morgan fingerprint density at radius 3 is 2.15 bits per heavy atom. The SMILES string of the molecule is CCCN1CCCN(C2=CN(c3ccc(NC(=O)Nc4ccc(C(=O)N5CCN(C)CC5)cc4)cc3)SC(N3CCOCC3)=C2)CC1. The van der Waals surface area contributed by atoms with E-state index in [-0.39, 0.29) is 11.9 Å². The lowest BCUT2D eigenvalue weighted by molar-refractivity contribution is 0.0575. The second kappa shape index (κ2) is 15.9. The number of nitrogens with zero attached hydrogens (tertiary/aromatic N) is 6. The van der Waals surface area contributed by atoms with E-state index >= 15 is 0 Å². The van der Waals surface area contributed by atoms with Crippen LogP contribution >= 0.6 is 11.9 Å². The molecule has 4 heterocycles. The Morgan fingerprint density at radius 2 is 1.47 bits per heavy atom. The Kier molecular flexibility index (Phi) is 11.2. The van der Waals surface area contributed by atoms with Crippen LogP contribution in [0.3, 0.4) is 0 Å². The van der Waals surface area contributed by atoms with Crippen LogP contribution < -0.4 is 14.9 Å². The number of rotatable bonds is 8. The molecule has 6 rings (SSSR count). The molecule has 47 heavy (non-hydrogen) atoms. The molecule has 3 saturated heterocycles. The summed E-state index contributed by atoms with van der Waals surface area (Å²) in [4.78, 5) is 37.3. The molecule has 11 nitrogen and oxygen atoms in total. The summed E-state index contributed by atoms with van der Waals surface area (Å²) >= 11 is 1.73. The molecule has 0 aliphatic carbocycles. The molecule has 2 aromatic rings. The predicted octanol–water partition coefficient (Wildman–Crippen LogP) is 4.62. The van der Waals surface area contributed by atoms with Crippen LogP contribution in [-0.2, 0) is 4.74 Å². The minimum absolute atomic E-state index is 0.0284. The molecule has 3 fully saturated rings. The van der Waals surface area contributed by atoms with Crippen LogP contribution in [0.4, 0.5) is 21.9 Å². The molecular formula is C35H48N8O3S. The van der Waals surface area contributed by atoms with E-state index in [1.807, 2.05) is 29.2 Å². The molecule has 0 unspecified atom stereocenters. The number of benzene rings is 2. The highest BCUT2D eigenvalue weighted by Gasteiger charge is 2.25. The number of nitrogens with one attached hydrogen (secondary N) is 2. The molecule has 3 amide bonds. The standard InChI is InChI=1S/C35H48N8O3S/c1-3-13-39-14-4-15-40(21-18-39)32-26-33(41-22-24-46-25-23-41)47-43(27-32)31-11-9-30(10-12-31)37-35(45)36-29-7-5-28(6-8-29)34(44)42-19-16-38(2)17-20-42/h5-12,26-27H,3-4,13-25H2,1-2H3,(H2,36,37,45). The summed E-state index contributed by atoms with van der Waals surface area (Å²) in [5.41, 5.74) is 4.24. The van der Waals surface area contributed by atoms with E-state index in [9.17, 15) is 9.59 Å². The first kappa shape index (κ1) is 33.2. The zero-order chi connectivity index (χ0) is 32.6. The Balaban J connectivity index is 1.08. The summed E-state index contributed by atoms with van der Waals surface area (Å²) in [6.07, 6.45) is 6.94. The quantitative estimate of drug-likeness (QED) is 0.394. The van der Waals surface area contributed by atoms with Crippen molar-refractivity contribution in [3.05, 3.63) is 77.1 Å². The maximum absolute atomic E-state index is 12.9. The predicted molar refractivity (Wildman–Crippen MR) is 190 cm³/mol. The molecule has 2 N–H and O–H groups in total. The van der Waals surface area contributed by atoms with Crippen molar-refractivity contribution in [3.63, 3.8) is 0 Å². The Morgan fingerprint density at radius 1 is 0.787 bits per heavy atom. The number of carbonyl (C=O) groups excluding carboxylic acids is 2. The lowest BCUT2D eigenvalue weighted by Crippen LogP contribution is -2.47. The van der Waals surface area contributed by atoms with E-state index in [2.05, 4.69) is 60.8 Å². The molecule has 4 aliphatic rings. The average Bonchev–Trinajstić information content (AvgIpc) is 3.35. The number of amides is 3. The van der Waals surface area contributed by atoms with Crippen molar-refractivity contribution in [1.82, 2.24) is 24.5 Å². The van der Waals surface area contributed by atoms with E-state index in [4.69, 9.17) is 4.74 Å². The van der Waals surface area contributed by atoms with Gasteiger partial charge in [-0.25, -0.2) is 4.79 Å². The average molecular weight is 661 g/mol. The van der Waals surface area contributed by atoms with Gasteiger partial charge in [0.05, 0.1) is 29.6 Å². The topological polar surface area (TPSA) is 86.9 Å². The number of hydrogen-bond donors (Lipinski definition) is 2. The van der Waals surface area contributed by atoms with Crippen LogP contribution in [0.25, 0.3) is 0 Å². The van der Waals surface area contributed by atoms with Crippen LogP contribution in [0, 0.1) is 0 Å². The maximum Gasteiger partial charge on any atom is 0.323 e. The molecule has 252 valence electrons. The fourth-order valence-corrected chi connectivity index (χ4v) is 7.37. The third kappa shape index (κ3) is 8.81. The number of morpholine rings is 1. The van der Waals surface area contributed by atoms with Gasteiger partial charge < -0.3 is 39.9 Å². The highest BCUT2D eigenvalue weighted by Crippen LogP contribution is 2.37. The highest BCUT2D eigenvalue weighted by molar-refractivity contribution is 8.04. The van der Waals surface area contributed by atoms with Crippen molar-refractivity contribution in [2.75, 3.05) is 107 Å². The van der Waals surface area contributed by atoms with E-state index in [1.54, 1.807) is 36.2 Å². The summed E-state index contributed by atoms with van der Waals surface area (Å²) in [5.74, 6) is 0.0284. The lowest BCUT2D eigenvalue weighted by atomic mass is 10.1. The number of likely N-dealkylation sites (N-methyl/N-ethyl adjacent to an activating group) is 1. The highest BCUT2D eigenvalue weighted by atomic mass is 32.2. The van der Waals surface area contributed by atoms with Gasteiger partial charge in [0.2, 0.25) is 0 Å². The normalized spacial score (nSPS) is 20.0. The van der Waals surface area contributed by atoms with Crippen molar-refractivity contribution in [2.24, 2.45) is 0 Å². The third-order valence-electron chi connectivity index (χ3n) is 9.09. The summed E-state index contributed by atoms with van der Waals surface area (Å²) in [6.45, 7) is 14.2. The molecule has 0 atom stereocenters. The zero-order valence-corrected chi connectivity index (χ0v) is 28.5. The fourth-order valence-electron chi connectivity index (χ4n) is 6.31. The number of allylic oxidation sites excluding steroid dienone is 1. The summed E-state index contributed by atoms with van der Waals surface area (Å²) in [5, 5.41) is 7.06. The molecule has 0 bridgehead atoms. The van der Waals surface area contributed by atoms with Gasteiger partial charge in [-0.1, -0.05) is 6.92 Å². The third-order valence-corrected chi connectivity index (χ3v) is 10.2. The molecule has 0 saturated carbocycles. The zero-order valence-electron chi connectivity index (χ0n) is 27.7. The van der Waals surface area contributed by atoms with E-state index in [0.717, 1.165) is 97.3 Å². The van der Waals surface area contributed by atoms with Gasteiger partial charge in [-0.3, -0.25) is 9.10 Å². The summed E-state index contributed by atoms with van der Waals surface area (Å²) in [6, 6.07) is 14.7. The molecule has 0 radical (unpaired) electrons. The summed E-state index contributed by atoms with van der Waals surface area (Å²) in [7, 11) is 2.07. The van der Waals surface area contributed by atoms with Gasteiger partial charge in [-0.2, -0.15) is 0 Å². The van der Waals surface area contributed by atoms with Crippen LogP contribution in [0.5, 0.6) is 0 Å². The Bertz CT molecular complexity index is 1420. The van der Waals surface area contributed by atoms with Gasteiger partial charge in [0.1, 0.15) is 0 Å². The minimum atomic E-state index is -0.332. The maximum atomic E-state index is 12.9. The van der Waals surface area contributed by atoms with Gasteiger partial charge in [0, 0.05) is 94.0 Å². The first-order valence-electron chi connectivity index (χ1n) is 16.9. The van der Waals surface area contributed by atoms with Gasteiger partial charge in [-0.05, 0) is 87.6 Å². The van der Waals surface area contributed by atoms with Gasteiger partial charge in [0.15, 0.2) is 0 Å². The number of hydrogen-bond acceptors (Lipinski definition) is 9. The van der Waals surface area contributed by atoms with Crippen LogP contribution in [0.1, 0.15) is 30.1 Å². The fraction of sp³-hybridized carbons (Fsp3) is 0.486. The number of urea groups is 1. The van der Waals surface area contributed by atoms with Crippen molar-refractivity contribution in [1.29, 1.82) is 0 Å². The summed E-state index contributed by atoms with van der Waals surface area (Å²) < 4.78 is 7.88. The molecule has 0 aromatic heterocycles. The van der Waals surface area contributed by atoms with E-state index in [0.29, 0.717) is 16.9 Å². The van der Waals surface area contributed by atoms with Crippen molar-refractivity contribution in [2.45, 2.75) is 19.8 Å². The van der Waals surface area contributed by atoms with Crippen LogP contribution in [0.15, 0.2) is 71.5 Å². The molecule has 0 spiro atoms. The van der Waals surface area contributed by atoms with Crippen molar-refractivity contribution >= 4 is 40.9 Å². The van der Waals surface area contributed by atoms with Gasteiger partial charge >= 0.3 is 6.03 Å². The molecule has 12 heteroatoms. The first-order chi connectivity index (χ1) is 22.9. The molecule has 4 aliphatic heterocycles.